The van der Waals surface area contributed by atoms with Crippen molar-refractivity contribution in [2.24, 2.45) is 5.41 Å². The Morgan fingerprint density at radius 1 is 1.42 bits per heavy atom. The monoisotopic (exact) mass is 285 g/mol. The van der Waals surface area contributed by atoms with Crippen LogP contribution in [0.3, 0.4) is 0 Å². The maximum absolute atomic E-state index is 12.2. The topological polar surface area (TPSA) is 74.0 Å². The van der Waals surface area contributed by atoms with Crippen LogP contribution in [-0.2, 0) is 16.6 Å². The van der Waals surface area contributed by atoms with Gasteiger partial charge < -0.3 is 10.3 Å². The highest BCUT2D eigenvalue weighted by molar-refractivity contribution is 7.89. The molecule has 0 radical (unpaired) electrons. The maximum Gasteiger partial charge on any atom is 0.242 e. The Bertz CT molecular complexity index is 518. The van der Waals surface area contributed by atoms with E-state index in [1.54, 1.807) is 12.3 Å². The van der Waals surface area contributed by atoms with Crippen molar-refractivity contribution in [2.45, 2.75) is 44.0 Å². The third kappa shape index (κ3) is 3.58. The lowest BCUT2D eigenvalue weighted by molar-refractivity contribution is 0.449. The highest BCUT2D eigenvalue weighted by Gasteiger charge is 2.42. The molecule has 0 bridgehead atoms. The minimum atomic E-state index is -3.38. The zero-order chi connectivity index (χ0) is 13.9. The Hall–Kier alpha value is -0.850. The summed E-state index contributed by atoms with van der Waals surface area (Å²) in [7, 11) is -1.55. The Balaban J connectivity index is 1.97. The molecule has 5 nitrogen and oxygen atoms in total. The third-order valence-corrected chi connectivity index (χ3v) is 5.15. The van der Waals surface area contributed by atoms with Crippen LogP contribution in [0, 0.1) is 5.41 Å². The van der Waals surface area contributed by atoms with Crippen LogP contribution in [-0.4, -0.2) is 27.0 Å². The van der Waals surface area contributed by atoms with Gasteiger partial charge in [0.25, 0.3) is 0 Å². The molecule has 1 aromatic heterocycles. The average molecular weight is 285 g/mol. The molecule has 19 heavy (non-hydrogen) atoms. The van der Waals surface area contributed by atoms with E-state index in [2.05, 4.69) is 21.9 Å². The lowest BCUT2D eigenvalue weighted by Crippen LogP contribution is -2.30. The van der Waals surface area contributed by atoms with E-state index in [9.17, 15) is 8.42 Å². The first kappa shape index (κ1) is 14.6. The molecule has 1 fully saturated rings. The SMILES string of the molecule is CCCC1(CNS(=O)(=O)c2c[nH]c(CNC)c2)CC1. The normalized spacial score (nSPS) is 17.6. The Labute approximate surface area is 115 Å². The molecular weight excluding hydrogens is 262 g/mol. The van der Waals surface area contributed by atoms with E-state index in [4.69, 9.17) is 0 Å². The predicted molar refractivity (Wildman–Crippen MR) is 75.3 cm³/mol. The van der Waals surface area contributed by atoms with Gasteiger partial charge in [0.1, 0.15) is 0 Å². The first-order valence-electron chi connectivity index (χ1n) is 6.83. The molecule has 1 aromatic rings. The number of rotatable bonds is 8. The molecule has 0 amide bonds. The number of nitrogens with one attached hydrogen (secondary N) is 3. The van der Waals surface area contributed by atoms with Crippen molar-refractivity contribution in [3.05, 3.63) is 18.0 Å². The molecule has 0 aliphatic heterocycles. The minimum Gasteiger partial charge on any atom is -0.363 e. The fourth-order valence-corrected chi connectivity index (χ4v) is 3.59. The zero-order valence-electron chi connectivity index (χ0n) is 11.6. The smallest absolute Gasteiger partial charge is 0.242 e. The fraction of sp³-hybridized carbons (Fsp3) is 0.692. The van der Waals surface area contributed by atoms with Crippen molar-refractivity contribution >= 4 is 10.0 Å². The van der Waals surface area contributed by atoms with E-state index in [1.807, 2.05) is 7.05 Å². The number of aromatic amines is 1. The summed E-state index contributed by atoms with van der Waals surface area (Å²) in [5, 5.41) is 2.99. The molecule has 1 aliphatic rings. The summed E-state index contributed by atoms with van der Waals surface area (Å²) in [6.07, 6.45) is 6.04. The van der Waals surface area contributed by atoms with Gasteiger partial charge in [0, 0.05) is 25.0 Å². The summed E-state index contributed by atoms with van der Waals surface area (Å²) >= 11 is 0. The molecule has 0 saturated heterocycles. The van der Waals surface area contributed by atoms with E-state index >= 15 is 0 Å². The summed E-state index contributed by atoms with van der Waals surface area (Å²) in [5.41, 5.74) is 1.10. The molecule has 3 N–H and O–H groups in total. The first-order valence-corrected chi connectivity index (χ1v) is 8.31. The highest BCUT2D eigenvalue weighted by Crippen LogP contribution is 2.49. The first-order chi connectivity index (χ1) is 9.01. The van der Waals surface area contributed by atoms with Gasteiger partial charge in [-0.25, -0.2) is 13.1 Å². The summed E-state index contributed by atoms with van der Waals surface area (Å²) in [6.45, 7) is 3.34. The van der Waals surface area contributed by atoms with Crippen LogP contribution >= 0.6 is 0 Å². The van der Waals surface area contributed by atoms with Gasteiger partial charge >= 0.3 is 0 Å². The Kier molecular flexibility index (Phi) is 4.32. The molecular formula is C13H23N3O2S. The van der Waals surface area contributed by atoms with E-state index in [0.717, 1.165) is 31.4 Å². The number of hydrogen-bond donors (Lipinski definition) is 3. The highest BCUT2D eigenvalue weighted by atomic mass is 32.2. The third-order valence-electron chi connectivity index (χ3n) is 3.77. The summed E-state index contributed by atoms with van der Waals surface area (Å²) in [4.78, 5) is 3.29. The molecule has 0 spiro atoms. The van der Waals surface area contributed by atoms with Crippen LogP contribution < -0.4 is 10.0 Å². The molecule has 1 aliphatic carbocycles. The maximum atomic E-state index is 12.2. The number of H-pyrrole nitrogens is 1. The largest absolute Gasteiger partial charge is 0.363 e. The molecule has 1 saturated carbocycles. The van der Waals surface area contributed by atoms with E-state index in [-0.39, 0.29) is 5.41 Å². The van der Waals surface area contributed by atoms with Gasteiger partial charge in [0.15, 0.2) is 0 Å². The van der Waals surface area contributed by atoms with Crippen LogP contribution in [0.2, 0.25) is 0 Å². The van der Waals surface area contributed by atoms with Gasteiger partial charge in [-0.2, -0.15) is 0 Å². The van der Waals surface area contributed by atoms with E-state index in [1.165, 1.54) is 0 Å². The van der Waals surface area contributed by atoms with Crippen molar-refractivity contribution in [1.29, 1.82) is 0 Å². The zero-order valence-corrected chi connectivity index (χ0v) is 12.4. The number of hydrogen-bond acceptors (Lipinski definition) is 3. The van der Waals surface area contributed by atoms with Gasteiger partial charge in [-0.1, -0.05) is 13.3 Å². The lowest BCUT2D eigenvalue weighted by atomic mass is 10.0. The second kappa shape index (κ2) is 5.64. The van der Waals surface area contributed by atoms with Crippen LogP contribution in [0.15, 0.2) is 17.2 Å². The standard InChI is InChI=1S/C13H23N3O2S/c1-3-4-13(5-6-13)10-16-19(17,18)12-7-11(8-14-2)15-9-12/h7,9,14-16H,3-6,8,10H2,1-2H3. The molecule has 2 rings (SSSR count). The molecule has 108 valence electrons. The molecule has 0 unspecified atom stereocenters. The number of aromatic nitrogens is 1. The second-order valence-corrected chi connectivity index (χ2v) is 7.23. The molecule has 1 heterocycles. The van der Waals surface area contributed by atoms with Crippen LogP contribution in [0.25, 0.3) is 0 Å². The van der Waals surface area contributed by atoms with Gasteiger partial charge in [0.05, 0.1) is 4.90 Å². The summed E-state index contributed by atoms with van der Waals surface area (Å²) in [6, 6.07) is 1.68. The quantitative estimate of drug-likeness (QED) is 0.679. The van der Waals surface area contributed by atoms with Crippen molar-refractivity contribution in [1.82, 2.24) is 15.0 Å². The van der Waals surface area contributed by atoms with E-state index < -0.39 is 10.0 Å². The van der Waals surface area contributed by atoms with Crippen LogP contribution in [0.4, 0.5) is 0 Å². The van der Waals surface area contributed by atoms with Crippen molar-refractivity contribution in [3.8, 4) is 0 Å². The average Bonchev–Trinajstić information content (AvgIpc) is 2.96. The van der Waals surface area contributed by atoms with Crippen LogP contribution in [0.5, 0.6) is 0 Å². The molecule has 0 atom stereocenters. The van der Waals surface area contributed by atoms with Gasteiger partial charge in [-0.3, -0.25) is 0 Å². The number of sulfonamides is 1. The van der Waals surface area contributed by atoms with Crippen molar-refractivity contribution in [2.75, 3.05) is 13.6 Å². The fourth-order valence-electron chi connectivity index (χ4n) is 2.42. The minimum absolute atomic E-state index is 0.228. The Morgan fingerprint density at radius 2 is 2.16 bits per heavy atom. The van der Waals surface area contributed by atoms with Gasteiger partial charge in [-0.05, 0) is 37.8 Å². The summed E-state index contributed by atoms with van der Waals surface area (Å²) in [5.74, 6) is 0. The lowest BCUT2D eigenvalue weighted by Gasteiger charge is -2.14. The molecule has 0 aromatic carbocycles. The predicted octanol–water partition coefficient (Wildman–Crippen LogP) is 1.59. The van der Waals surface area contributed by atoms with E-state index in [0.29, 0.717) is 18.0 Å². The summed E-state index contributed by atoms with van der Waals surface area (Å²) < 4.78 is 27.1. The van der Waals surface area contributed by atoms with Gasteiger partial charge in [0.2, 0.25) is 10.0 Å². The molecule has 6 heteroatoms. The van der Waals surface area contributed by atoms with Crippen molar-refractivity contribution in [3.63, 3.8) is 0 Å². The Morgan fingerprint density at radius 3 is 2.74 bits per heavy atom. The van der Waals surface area contributed by atoms with Crippen LogP contribution in [0.1, 0.15) is 38.3 Å². The second-order valence-electron chi connectivity index (χ2n) is 5.47. The van der Waals surface area contributed by atoms with Crippen molar-refractivity contribution < 1.29 is 8.42 Å². The van der Waals surface area contributed by atoms with Gasteiger partial charge in [-0.15, -0.1) is 0 Å².